The number of hydrogen-bond donors (Lipinski definition) is 1. The Hall–Kier alpha value is -1.35. The molecule has 1 fully saturated rings. The molecule has 1 N–H and O–H groups in total. The molecule has 3 heteroatoms. The largest absolute Gasteiger partial charge is 0.479 e. The lowest BCUT2D eigenvalue weighted by Gasteiger charge is -2.40. The fourth-order valence-electron chi connectivity index (χ4n) is 2.56. The van der Waals surface area contributed by atoms with Crippen molar-refractivity contribution in [1.29, 1.82) is 0 Å². The number of para-hydroxylation sites is 1. The third-order valence-corrected chi connectivity index (χ3v) is 3.55. The monoisotopic (exact) mass is 217 g/mol. The van der Waals surface area contributed by atoms with Crippen LogP contribution in [-0.2, 0) is 11.2 Å². The van der Waals surface area contributed by atoms with Crippen LogP contribution in [0.3, 0.4) is 0 Å². The number of carbonyl (C=O) groups is 1. The lowest BCUT2D eigenvalue weighted by atomic mass is 9.82. The number of nitrogens with one attached hydrogen (secondary N) is 1. The Bertz CT molecular complexity index is 422. The number of ether oxygens (including phenoxy) is 1. The molecule has 0 bridgehead atoms. The van der Waals surface area contributed by atoms with Gasteiger partial charge in [0.2, 0.25) is 0 Å². The Balaban J connectivity index is 1.97. The second-order valence-electron chi connectivity index (χ2n) is 4.55. The molecular formula is C13H15NO2. The minimum atomic E-state index is -0.542. The van der Waals surface area contributed by atoms with Crippen LogP contribution in [0.1, 0.15) is 18.4 Å². The lowest BCUT2D eigenvalue weighted by molar-refractivity contribution is -0.138. The van der Waals surface area contributed by atoms with Gasteiger partial charge in [-0.1, -0.05) is 18.2 Å². The first-order valence-corrected chi connectivity index (χ1v) is 5.81. The van der Waals surface area contributed by atoms with E-state index in [0.29, 0.717) is 6.42 Å². The average molecular weight is 217 g/mol. The van der Waals surface area contributed by atoms with Gasteiger partial charge in [0.25, 0.3) is 0 Å². The summed E-state index contributed by atoms with van der Waals surface area (Å²) in [5.41, 5.74) is 0.483. The van der Waals surface area contributed by atoms with Crippen molar-refractivity contribution in [2.24, 2.45) is 0 Å². The number of fused-ring (bicyclic) bond motifs is 1. The maximum atomic E-state index is 12.2. The van der Waals surface area contributed by atoms with Crippen LogP contribution in [0.4, 0.5) is 0 Å². The van der Waals surface area contributed by atoms with Crippen molar-refractivity contribution in [2.45, 2.75) is 24.9 Å². The molecule has 84 valence electrons. The van der Waals surface area contributed by atoms with E-state index < -0.39 is 5.60 Å². The minimum Gasteiger partial charge on any atom is -0.479 e. The van der Waals surface area contributed by atoms with Crippen molar-refractivity contribution in [3.8, 4) is 5.75 Å². The van der Waals surface area contributed by atoms with E-state index in [0.717, 1.165) is 37.2 Å². The molecule has 0 amide bonds. The summed E-state index contributed by atoms with van der Waals surface area (Å²) < 4.78 is 5.98. The number of carbonyl (C=O) groups excluding carboxylic acids is 1. The van der Waals surface area contributed by atoms with E-state index in [1.54, 1.807) is 0 Å². The normalized spacial score (nSPS) is 22.6. The first-order valence-electron chi connectivity index (χ1n) is 5.81. The topological polar surface area (TPSA) is 38.3 Å². The van der Waals surface area contributed by atoms with Crippen molar-refractivity contribution in [1.82, 2.24) is 5.32 Å². The van der Waals surface area contributed by atoms with Gasteiger partial charge in [-0.05, 0) is 19.2 Å². The summed E-state index contributed by atoms with van der Waals surface area (Å²) in [5, 5.41) is 3.27. The number of rotatable bonds is 0. The summed E-state index contributed by atoms with van der Waals surface area (Å²) >= 11 is 0. The molecule has 1 saturated heterocycles. The summed E-state index contributed by atoms with van der Waals surface area (Å²) in [4.78, 5) is 12.2. The smallest absolute Gasteiger partial charge is 0.180 e. The van der Waals surface area contributed by atoms with E-state index >= 15 is 0 Å². The van der Waals surface area contributed by atoms with E-state index in [-0.39, 0.29) is 5.78 Å². The SMILES string of the molecule is O=C1Cc2ccccc2OC12CCNCC2. The van der Waals surface area contributed by atoms with Crippen LogP contribution >= 0.6 is 0 Å². The molecule has 2 heterocycles. The van der Waals surface area contributed by atoms with Crippen molar-refractivity contribution in [3.05, 3.63) is 29.8 Å². The quantitative estimate of drug-likeness (QED) is 0.712. The Morgan fingerprint density at radius 2 is 1.94 bits per heavy atom. The van der Waals surface area contributed by atoms with Gasteiger partial charge < -0.3 is 10.1 Å². The van der Waals surface area contributed by atoms with Crippen LogP contribution in [0.15, 0.2) is 24.3 Å². The van der Waals surface area contributed by atoms with E-state index in [2.05, 4.69) is 5.32 Å². The van der Waals surface area contributed by atoms with Crippen molar-refractivity contribution in [2.75, 3.05) is 13.1 Å². The zero-order valence-corrected chi connectivity index (χ0v) is 9.16. The summed E-state index contributed by atoms with van der Waals surface area (Å²) in [5.74, 6) is 1.14. The highest BCUT2D eigenvalue weighted by Gasteiger charge is 2.44. The molecule has 1 aromatic carbocycles. The van der Waals surface area contributed by atoms with E-state index in [9.17, 15) is 4.79 Å². The predicted octanol–water partition coefficient (Wildman–Crippen LogP) is 1.31. The number of piperidine rings is 1. The highest BCUT2D eigenvalue weighted by molar-refractivity contribution is 5.91. The third kappa shape index (κ3) is 1.43. The van der Waals surface area contributed by atoms with Gasteiger partial charge in [0.15, 0.2) is 11.4 Å². The zero-order valence-electron chi connectivity index (χ0n) is 9.16. The van der Waals surface area contributed by atoms with Crippen molar-refractivity contribution in [3.63, 3.8) is 0 Å². The molecule has 1 aromatic rings. The number of benzene rings is 1. The van der Waals surface area contributed by atoms with Gasteiger partial charge in [0.05, 0.1) is 0 Å². The molecular weight excluding hydrogens is 202 g/mol. The van der Waals surface area contributed by atoms with Gasteiger partial charge >= 0.3 is 0 Å². The molecule has 0 atom stereocenters. The molecule has 16 heavy (non-hydrogen) atoms. The van der Waals surface area contributed by atoms with E-state index in [1.807, 2.05) is 24.3 Å². The second-order valence-corrected chi connectivity index (χ2v) is 4.55. The van der Waals surface area contributed by atoms with Crippen LogP contribution in [0.25, 0.3) is 0 Å². The van der Waals surface area contributed by atoms with Crippen LogP contribution in [-0.4, -0.2) is 24.5 Å². The molecule has 0 aliphatic carbocycles. The van der Waals surface area contributed by atoms with Crippen LogP contribution in [0.2, 0.25) is 0 Å². The number of Topliss-reactive ketones (excluding diaryl/α,β-unsaturated/α-hetero) is 1. The van der Waals surface area contributed by atoms with Gasteiger partial charge in [-0.2, -0.15) is 0 Å². The van der Waals surface area contributed by atoms with Gasteiger partial charge in [-0.25, -0.2) is 0 Å². The Morgan fingerprint density at radius 3 is 2.75 bits per heavy atom. The van der Waals surface area contributed by atoms with E-state index in [4.69, 9.17) is 4.74 Å². The standard InChI is InChI=1S/C13H15NO2/c15-12-9-10-3-1-2-4-11(10)16-13(12)5-7-14-8-6-13/h1-4,14H,5-9H2. The molecule has 2 aliphatic heterocycles. The lowest BCUT2D eigenvalue weighted by Crippen LogP contribution is -2.54. The molecule has 0 radical (unpaired) electrons. The van der Waals surface area contributed by atoms with Crippen LogP contribution in [0.5, 0.6) is 5.75 Å². The average Bonchev–Trinajstić information content (AvgIpc) is 2.32. The summed E-state index contributed by atoms with van der Waals surface area (Å²) in [6, 6.07) is 7.85. The Kier molecular flexibility index (Phi) is 2.21. The van der Waals surface area contributed by atoms with Crippen molar-refractivity contribution < 1.29 is 9.53 Å². The summed E-state index contributed by atoms with van der Waals surface area (Å²) in [6.45, 7) is 1.74. The van der Waals surface area contributed by atoms with E-state index in [1.165, 1.54) is 0 Å². The van der Waals surface area contributed by atoms with Gasteiger partial charge in [0, 0.05) is 24.8 Å². The molecule has 0 aromatic heterocycles. The molecule has 2 aliphatic rings. The predicted molar refractivity (Wildman–Crippen MR) is 60.6 cm³/mol. The Morgan fingerprint density at radius 1 is 1.19 bits per heavy atom. The fourth-order valence-corrected chi connectivity index (χ4v) is 2.56. The first kappa shape index (κ1) is 9.85. The van der Waals surface area contributed by atoms with Gasteiger partial charge in [-0.3, -0.25) is 4.79 Å². The van der Waals surface area contributed by atoms with Crippen LogP contribution < -0.4 is 10.1 Å². The van der Waals surface area contributed by atoms with Crippen LogP contribution in [0, 0.1) is 0 Å². The maximum absolute atomic E-state index is 12.2. The molecule has 1 spiro atoms. The number of ketones is 1. The fraction of sp³-hybridized carbons (Fsp3) is 0.462. The van der Waals surface area contributed by atoms with Gasteiger partial charge in [-0.15, -0.1) is 0 Å². The second kappa shape index (κ2) is 3.59. The summed E-state index contributed by atoms with van der Waals surface area (Å²) in [7, 11) is 0. The van der Waals surface area contributed by atoms with Crippen molar-refractivity contribution >= 4 is 5.78 Å². The number of hydrogen-bond acceptors (Lipinski definition) is 3. The highest BCUT2D eigenvalue weighted by atomic mass is 16.5. The summed E-state index contributed by atoms with van der Waals surface area (Å²) in [6.07, 6.45) is 2.11. The minimum absolute atomic E-state index is 0.243. The molecule has 3 nitrogen and oxygen atoms in total. The molecule has 3 rings (SSSR count). The highest BCUT2D eigenvalue weighted by Crippen LogP contribution is 2.35. The first-order chi connectivity index (χ1) is 7.80. The van der Waals surface area contributed by atoms with Gasteiger partial charge in [0.1, 0.15) is 5.75 Å². The third-order valence-electron chi connectivity index (χ3n) is 3.55. The zero-order chi connectivity index (χ0) is 11.0. The maximum Gasteiger partial charge on any atom is 0.180 e. The molecule has 0 saturated carbocycles. The Labute approximate surface area is 94.8 Å². The molecule has 0 unspecified atom stereocenters.